The van der Waals surface area contributed by atoms with Gasteiger partial charge in [-0.05, 0) is 37.7 Å². The number of benzene rings is 1. The molecule has 6 heteroatoms. The van der Waals surface area contributed by atoms with Gasteiger partial charge in [-0.1, -0.05) is 6.07 Å². The van der Waals surface area contributed by atoms with Crippen molar-refractivity contribution in [2.24, 2.45) is 0 Å². The summed E-state index contributed by atoms with van der Waals surface area (Å²) in [6.07, 6.45) is 1.02. The Morgan fingerprint density at radius 1 is 1.14 bits per heavy atom. The number of urea groups is 1. The van der Waals surface area contributed by atoms with Gasteiger partial charge < -0.3 is 24.6 Å². The summed E-state index contributed by atoms with van der Waals surface area (Å²) >= 11 is 0. The third kappa shape index (κ3) is 3.62. The van der Waals surface area contributed by atoms with Crippen LogP contribution in [0.1, 0.15) is 12.0 Å². The van der Waals surface area contributed by atoms with Gasteiger partial charge >= 0.3 is 6.03 Å². The Kier molecular flexibility index (Phi) is 4.68. The fraction of sp³-hybridized carbons (Fsp3) is 0.562. The highest BCUT2D eigenvalue weighted by Gasteiger charge is 2.17. The van der Waals surface area contributed by atoms with Crippen molar-refractivity contribution in [3.63, 3.8) is 0 Å². The van der Waals surface area contributed by atoms with E-state index in [-0.39, 0.29) is 6.03 Å². The second-order valence-corrected chi connectivity index (χ2v) is 5.78. The molecule has 0 unspecified atom stereocenters. The van der Waals surface area contributed by atoms with Gasteiger partial charge in [0.15, 0.2) is 11.5 Å². The summed E-state index contributed by atoms with van der Waals surface area (Å²) in [6, 6.07) is 5.80. The number of ether oxygens (including phenoxy) is 2. The molecule has 0 radical (unpaired) electrons. The van der Waals surface area contributed by atoms with Gasteiger partial charge in [0.05, 0.1) is 0 Å². The van der Waals surface area contributed by atoms with Crippen LogP contribution in [0.15, 0.2) is 18.2 Å². The van der Waals surface area contributed by atoms with Crippen molar-refractivity contribution >= 4 is 6.03 Å². The van der Waals surface area contributed by atoms with E-state index in [2.05, 4.69) is 17.3 Å². The highest BCUT2D eigenvalue weighted by atomic mass is 16.6. The number of nitrogens with zero attached hydrogens (tertiary/aromatic N) is 2. The summed E-state index contributed by atoms with van der Waals surface area (Å²) in [5, 5.41) is 2.99. The third-order valence-electron chi connectivity index (χ3n) is 4.06. The van der Waals surface area contributed by atoms with Crippen molar-refractivity contribution in [2.45, 2.75) is 13.0 Å². The topological polar surface area (TPSA) is 54.0 Å². The number of likely N-dealkylation sites (N-methyl/N-ethyl adjacent to an activating group) is 1. The summed E-state index contributed by atoms with van der Waals surface area (Å²) in [4.78, 5) is 16.4. The number of carbonyl (C=O) groups is 1. The van der Waals surface area contributed by atoms with Crippen LogP contribution < -0.4 is 14.8 Å². The molecule has 6 nitrogen and oxygen atoms in total. The lowest BCUT2D eigenvalue weighted by atomic mass is 10.2. The minimum atomic E-state index is 0.00480. The van der Waals surface area contributed by atoms with Gasteiger partial charge in [0.1, 0.15) is 13.2 Å². The summed E-state index contributed by atoms with van der Waals surface area (Å²) in [5.74, 6) is 1.53. The normalized spacial score (nSPS) is 18.7. The Hall–Kier alpha value is -1.95. The monoisotopic (exact) mass is 305 g/mol. The zero-order chi connectivity index (χ0) is 15.4. The molecule has 1 fully saturated rings. The molecule has 0 aromatic heterocycles. The molecule has 0 aliphatic carbocycles. The van der Waals surface area contributed by atoms with Crippen LogP contribution in [0, 0.1) is 0 Å². The number of carbonyl (C=O) groups excluding carboxylic acids is 1. The lowest BCUT2D eigenvalue weighted by Crippen LogP contribution is -2.41. The van der Waals surface area contributed by atoms with Crippen LogP contribution in [-0.2, 0) is 6.54 Å². The molecule has 1 aromatic carbocycles. The van der Waals surface area contributed by atoms with E-state index in [1.807, 2.05) is 23.1 Å². The van der Waals surface area contributed by atoms with Crippen molar-refractivity contribution in [3.05, 3.63) is 23.8 Å². The predicted molar refractivity (Wildman–Crippen MR) is 83.4 cm³/mol. The number of hydrogen-bond donors (Lipinski definition) is 1. The molecule has 2 aliphatic rings. The highest BCUT2D eigenvalue weighted by Crippen LogP contribution is 2.30. The first-order valence-electron chi connectivity index (χ1n) is 7.82. The first-order chi connectivity index (χ1) is 10.7. The van der Waals surface area contributed by atoms with Crippen molar-refractivity contribution in [3.8, 4) is 11.5 Å². The summed E-state index contributed by atoms with van der Waals surface area (Å²) in [5.41, 5.74) is 1.02. The first-order valence-corrected chi connectivity index (χ1v) is 7.82. The Bertz CT molecular complexity index is 535. The standard InChI is InChI=1S/C16H23N3O3/c1-18-5-2-6-19(8-7-18)16(20)17-12-13-3-4-14-15(11-13)22-10-9-21-14/h3-4,11H,2,5-10,12H2,1H3,(H,17,20). The molecule has 2 amide bonds. The van der Waals surface area contributed by atoms with Crippen molar-refractivity contribution in [1.29, 1.82) is 0 Å². The Morgan fingerprint density at radius 2 is 1.95 bits per heavy atom. The maximum absolute atomic E-state index is 12.3. The smallest absolute Gasteiger partial charge is 0.317 e. The summed E-state index contributed by atoms with van der Waals surface area (Å²) in [6.45, 7) is 5.24. The maximum Gasteiger partial charge on any atom is 0.317 e. The van der Waals surface area contributed by atoms with Gasteiger partial charge in [-0.25, -0.2) is 4.79 Å². The van der Waals surface area contributed by atoms with E-state index >= 15 is 0 Å². The Morgan fingerprint density at radius 3 is 2.82 bits per heavy atom. The van der Waals surface area contributed by atoms with Crippen LogP contribution in [0.3, 0.4) is 0 Å². The SMILES string of the molecule is CN1CCCN(C(=O)NCc2ccc3c(c2)OCCO3)CC1. The van der Waals surface area contributed by atoms with E-state index in [9.17, 15) is 4.79 Å². The fourth-order valence-electron chi connectivity index (χ4n) is 2.74. The molecule has 0 spiro atoms. The zero-order valence-corrected chi connectivity index (χ0v) is 13.0. The fourth-order valence-corrected chi connectivity index (χ4v) is 2.74. The summed E-state index contributed by atoms with van der Waals surface area (Å²) < 4.78 is 11.1. The average molecular weight is 305 g/mol. The van der Waals surface area contributed by atoms with Crippen molar-refractivity contribution in [2.75, 3.05) is 46.4 Å². The molecule has 1 aromatic rings. The van der Waals surface area contributed by atoms with Crippen LogP contribution in [0.2, 0.25) is 0 Å². The number of nitrogens with one attached hydrogen (secondary N) is 1. The molecule has 120 valence electrons. The molecule has 2 heterocycles. The highest BCUT2D eigenvalue weighted by molar-refractivity contribution is 5.74. The first kappa shape index (κ1) is 15.0. The molecule has 0 atom stereocenters. The molecular weight excluding hydrogens is 282 g/mol. The van der Waals surface area contributed by atoms with E-state index in [1.54, 1.807) is 0 Å². The molecule has 0 bridgehead atoms. The van der Waals surface area contributed by atoms with E-state index in [0.717, 1.165) is 49.7 Å². The minimum Gasteiger partial charge on any atom is -0.486 e. The Labute approximate surface area is 131 Å². The van der Waals surface area contributed by atoms with Gasteiger partial charge in [0.25, 0.3) is 0 Å². The van der Waals surface area contributed by atoms with E-state index < -0.39 is 0 Å². The molecule has 22 heavy (non-hydrogen) atoms. The third-order valence-corrected chi connectivity index (χ3v) is 4.06. The van der Waals surface area contributed by atoms with E-state index in [4.69, 9.17) is 9.47 Å². The van der Waals surface area contributed by atoms with Gasteiger partial charge in [0.2, 0.25) is 0 Å². The van der Waals surface area contributed by atoms with Gasteiger partial charge in [0, 0.05) is 26.2 Å². The molecule has 2 aliphatic heterocycles. The quantitative estimate of drug-likeness (QED) is 0.895. The van der Waals surface area contributed by atoms with Gasteiger partial charge in [-0.2, -0.15) is 0 Å². The van der Waals surface area contributed by atoms with Crippen LogP contribution >= 0.6 is 0 Å². The molecule has 0 saturated carbocycles. The molecule has 1 N–H and O–H groups in total. The number of hydrogen-bond acceptors (Lipinski definition) is 4. The summed E-state index contributed by atoms with van der Waals surface area (Å²) in [7, 11) is 2.09. The molecular formula is C16H23N3O3. The van der Waals surface area contributed by atoms with Crippen molar-refractivity contribution in [1.82, 2.24) is 15.1 Å². The lowest BCUT2D eigenvalue weighted by molar-refractivity contribution is 0.171. The Balaban J connectivity index is 1.54. The van der Waals surface area contributed by atoms with Gasteiger partial charge in [-0.15, -0.1) is 0 Å². The van der Waals surface area contributed by atoms with Crippen LogP contribution in [-0.4, -0.2) is 62.3 Å². The van der Waals surface area contributed by atoms with Crippen LogP contribution in [0.5, 0.6) is 11.5 Å². The predicted octanol–water partition coefficient (Wildman–Crippen LogP) is 1.30. The van der Waals surface area contributed by atoms with Crippen molar-refractivity contribution < 1.29 is 14.3 Å². The average Bonchev–Trinajstić information content (AvgIpc) is 2.77. The number of amides is 2. The largest absolute Gasteiger partial charge is 0.486 e. The molecule has 3 rings (SSSR count). The van der Waals surface area contributed by atoms with Gasteiger partial charge in [-0.3, -0.25) is 0 Å². The second kappa shape index (κ2) is 6.87. The minimum absolute atomic E-state index is 0.00480. The van der Waals surface area contributed by atoms with Crippen LogP contribution in [0.25, 0.3) is 0 Å². The van der Waals surface area contributed by atoms with Crippen LogP contribution in [0.4, 0.5) is 4.79 Å². The molecule has 1 saturated heterocycles. The van der Waals surface area contributed by atoms with E-state index in [0.29, 0.717) is 19.8 Å². The second-order valence-electron chi connectivity index (χ2n) is 5.78. The number of rotatable bonds is 2. The van der Waals surface area contributed by atoms with E-state index in [1.165, 1.54) is 0 Å². The maximum atomic E-state index is 12.3. The zero-order valence-electron chi connectivity index (χ0n) is 13.0. The number of fused-ring (bicyclic) bond motifs is 1. The lowest BCUT2D eigenvalue weighted by Gasteiger charge is -2.22.